The zero-order valence-corrected chi connectivity index (χ0v) is 9.61. The van der Waals surface area contributed by atoms with E-state index in [-0.39, 0.29) is 11.8 Å². The number of carbonyl (C=O) groups is 2. The summed E-state index contributed by atoms with van der Waals surface area (Å²) in [5.41, 5.74) is 1.59. The molecule has 0 aliphatic carbocycles. The van der Waals surface area contributed by atoms with Gasteiger partial charge in [0, 0.05) is 16.6 Å². The Morgan fingerprint density at radius 2 is 1.67 bits per heavy atom. The lowest BCUT2D eigenvalue weighted by Crippen LogP contribution is -2.29. The third kappa shape index (κ3) is 1.85. The molecular formula is C11H8BrNO2. The second-order valence-electron chi connectivity index (χ2n) is 3.33. The fourth-order valence-electron chi connectivity index (χ4n) is 1.50. The molecule has 1 aromatic carbocycles. The maximum atomic E-state index is 11.4. The van der Waals surface area contributed by atoms with Crippen molar-refractivity contribution in [1.29, 1.82) is 0 Å². The van der Waals surface area contributed by atoms with Crippen LogP contribution >= 0.6 is 15.9 Å². The number of amides is 2. The summed E-state index contributed by atoms with van der Waals surface area (Å²) in [6.45, 7) is 1.91. The molecule has 0 saturated heterocycles. The normalized spacial score (nSPS) is 15.2. The number of aryl methyl sites for hydroxylation is 1. The van der Waals surface area contributed by atoms with E-state index < -0.39 is 0 Å². The Kier molecular flexibility index (Phi) is 2.44. The number of hydrogen-bond donors (Lipinski definition) is 0. The van der Waals surface area contributed by atoms with Crippen molar-refractivity contribution in [2.45, 2.75) is 6.92 Å². The average Bonchev–Trinajstić information content (AvgIpc) is 2.44. The molecule has 0 fully saturated rings. The van der Waals surface area contributed by atoms with Crippen molar-refractivity contribution in [2.24, 2.45) is 0 Å². The SMILES string of the molecule is Cc1cc(Br)cc(N2C(=O)C=CC2=O)c1. The van der Waals surface area contributed by atoms with Gasteiger partial charge >= 0.3 is 0 Å². The highest BCUT2D eigenvalue weighted by Crippen LogP contribution is 2.24. The van der Waals surface area contributed by atoms with Crippen LogP contribution in [-0.4, -0.2) is 11.8 Å². The lowest BCUT2D eigenvalue weighted by atomic mass is 10.2. The number of anilines is 1. The Bertz CT molecular complexity index is 441. The Hall–Kier alpha value is -1.42. The molecule has 1 aliphatic rings. The molecule has 76 valence electrons. The van der Waals surface area contributed by atoms with E-state index in [0.717, 1.165) is 14.9 Å². The molecule has 0 aromatic heterocycles. The largest absolute Gasteiger partial charge is 0.269 e. The molecule has 0 N–H and O–H groups in total. The van der Waals surface area contributed by atoms with Crippen LogP contribution < -0.4 is 4.90 Å². The monoisotopic (exact) mass is 265 g/mol. The minimum atomic E-state index is -0.294. The van der Waals surface area contributed by atoms with Gasteiger partial charge in [-0.05, 0) is 30.7 Å². The van der Waals surface area contributed by atoms with Crippen LogP contribution in [0.5, 0.6) is 0 Å². The predicted octanol–water partition coefficient (Wildman–Crippen LogP) is 2.19. The maximum Gasteiger partial charge on any atom is 0.258 e. The van der Waals surface area contributed by atoms with E-state index >= 15 is 0 Å². The smallest absolute Gasteiger partial charge is 0.258 e. The van der Waals surface area contributed by atoms with Crippen molar-refractivity contribution in [3.05, 3.63) is 40.4 Å². The van der Waals surface area contributed by atoms with E-state index in [0.29, 0.717) is 5.69 Å². The summed E-state index contributed by atoms with van der Waals surface area (Å²) < 4.78 is 0.852. The molecule has 3 nitrogen and oxygen atoms in total. The van der Waals surface area contributed by atoms with Gasteiger partial charge in [-0.2, -0.15) is 0 Å². The number of imide groups is 1. The zero-order valence-electron chi connectivity index (χ0n) is 8.03. The summed E-state index contributed by atoms with van der Waals surface area (Å²) in [7, 11) is 0. The van der Waals surface area contributed by atoms with E-state index in [4.69, 9.17) is 0 Å². The van der Waals surface area contributed by atoms with Gasteiger partial charge in [-0.3, -0.25) is 9.59 Å². The molecule has 1 aliphatic heterocycles. The van der Waals surface area contributed by atoms with Gasteiger partial charge in [0.1, 0.15) is 0 Å². The van der Waals surface area contributed by atoms with Gasteiger partial charge in [0.05, 0.1) is 5.69 Å². The zero-order chi connectivity index (χ0) is 11.0. The minimum Gasteiger partial charge on any atom is -0.269 e. The van der Waals surface area contributed by atoms with Crippen molar-refractivity contribution < 1.29 is 9.59 Å². The number of halogens is 1. The van der Waals surface area contributed by atoms with Crippen LogP contribution in [0.15, 0.2) is 34.8 Å². The highest BCUT2D eigenvalue weighted by atomic mass is 79.9. The van der Waals surface area contributed by atoms with Gasteiger partial charge in [0.15, 0.2) is 0 Å². The number of carbonyl (C=O) groups excluding carboxylic acids is 2. The van der Waals surface area contributed by atoms with Crippen molar-refractivity contribution in [2.75, 3.05) is 4.90 Å². The lowest BCUT2D eigenvalue weighted by Gasteiger charge is -2.14. The van der Waals surface area contributed by atoms with E-state index in [1.165, 1.54) is 12.2 Å². The molecule has 15 heavy (non-hydrogen) atoms. The fourth-order valence-corrected chi connectivity index (χ4v) is 2.10. The minimum absolute atomic E-state index is 0.294. The summed E-state index contributed by atoms with van der Waals surface area (Å²) in [5.74, 6) is -0.588. The van der Waals surface area contributed by atoms with Crippen molar-refractivity contribution in [3.8, 4) is 0 Å². The molecule has 0 saturated carbocycles. The molecule has 0 bridgehead atoms. The summed E-state index contributed by atoms with van der Waals surface area (Å²) in [6, 6.07) is 5.46. The second-order valence-corrected chi connectivity index (χ2v) is 4.25. The molecule has 4 heteroatoms. The molecule has 2 amide bonds. The molecule has 1 aromatic rings. The van der Waals surface area contributed by atoms with Gasteiger partial charge in [-0.15, -0.1) is 0 Å². The van der Waals surface area contributed by atoms with Crippen molar-refractivity contribution >= 4 is 33.4 Å². The van der Waals surface area contributed by atoms with Gasteiger partial charge in [-0.1, -0.05) is 15.9 Å². The van der Waals surface area contributed by atoms with Crippen LogP contribution in [0, 0.1) is 6.92 Å². The van der Waals surface area contributed by atoms with Crippen LogP contribution in [0.3, 0.4) is 0 Å². The van der Waals surface area contributed by atoms with Gasteiger partial charge < -0.3 is 0 Å². The maximum absolute atomic E-state index is 11.4. The van der Waals surface area contributed by atoms with Crippen LogP contribution in [0.25, 0.3) is 0 Å². The van der Waals surface area contributed by atoms with E-state index in [1.54, 1.807) is 12.1 Å². The number of rotatable bonds is 1. The van der Waals surface area contributed by atoms with Crippen molar-refractivity contribution in [3.63, 3.8) is 0 Å². The topological polar surface area (TPSA) is 37.4 Å². The number of hydrogen-bond acceptors (Lipinski definition) is 2. The molecule has 1 heterocycles. The molecule has 0 atom stereocenters. The average molecular weight is 266 g/mol. The summed E-state index contributed by atoms with van der Waals surface area (Å²) >= 11 is 3.33. The standard InChI is InChI=1S/C11H8BrNO2/c1-7-4-8(12)6-9(5-7)13-10(14)2-3-11(13)15/h2-6H,1H3. The molecule has 0 radical (unpaired) electrons. The summed E-state index contributed by atoms with van der Waals surface area (Å²) in [6.07, 6.45) is 2.55. The third-order valence-electron chi connectivity index (χ3n) is 2.09. The van der Waals surface area contributed by atoms with E-state index in [2.05, 4.69) is 15.9 Å². The quantitative estimate of drug-likeness (QED) is 0.730. The second kappa shape index (κ2) is 3.62. The summed E-state index contributed by atoms with van der Waals surface area (Å²) in [4.78, 5) is 24.0. The highest BCUT2D eigenvalue weighted by Gasteiger charge is 2.25. The Labute approximate surface area is 95.5 Å². The predicted molar refractivity (Wildman–Crippen MR) is 60.5 cm³/mol. The third-order valence-corrected chi connectivity index (χ3v) is 2.55. The highest BCUT2D eigenvalue weighted by molar-refractivity contribution is 9.10. The summed E-state index contributed by atoms with van der Waals surface area (Å²) in [5, 5.41) is 0. The van der Waals surface area contributed by atoms with E-state index in [1.807, 2.05) is 13.0 Å². The van der Waals surface area contributed by atoms with Gasteiger partial charge in [0.2, 0.25) is 0 Å². The number of benzene rings is 1. The van der Waals surface area contributed by atoms with E-state index in [9.17, 15) is 9.59 Å². The van der Waals surface area contributed by atoms with Gasteiger partial charge in [-0.25, -0.2) is 4.90 Å². The molecule has 0 spiro atoms. The Morgan fingerprint density at radius 1 is 1.07 bits per heavy atom. The van der Waals surface area contributed by atoms with Crippen LogP contribution in [0.2, 0.25) is 0 Å². The van der Waals surface area contributed by atoms with Crippen LogP contribution in [0.4, 0.5) is 5.69 Å². The molecule has 2 rings (SSSR count). The fraction of sp³-hybridized carbons (Fsp3) is 0.0909. The Balaban J connectivity index is 2.46. The first-order valence-corrected chi connectivity index (χ1v) is 5.20. The first-order chi connectivity index (χ1) is 7.08. The first kappa shape index (κ1) is 10.1. The first-order valence-electron chi connectivity index (χ1n) is 4.41. The molecule has 0 unspecified atom stereocenters. The Morgan fingerprint density at radius 3 is 2.20 bits per heavy atom. The van der Waals surface area contributed by atoms with Gasteiger partial charge in [0.25, 0.3) is 11.8 Å². The lowest BCUT2D eigenvalue weighted by molar-refractivity contribution is -0.119. The number of nitrogens with zero attached hydrogens (tertiary/aromatic N) is 1. The van der Waals surface area contributed by atoms with Crippen LogP contribution in [-0.2, 0) is 9.59 Å². The van der Waals surface area contributed by atoms with Crippen LogP contribution in [0.1, 0.15) is 5.56 Å². The molecular weight excluding hydrogens is 258 g/mol. The van der Waals surface area contributed by atoms with Crippen molar-refractivity contribution in [1.82, 2.24) is 0 Å².